The van der Waals surface area contributed by atoms with Crippen molar-refractivity contribution in [1.29, 1.82) is 0 Å². The molecule has 1 aliphatic carbocycles. The average Bonchev–Trinajstić information content (AvgIpc) is 2.93. The van der Waals surface area contributed by atoms with E-state index in [9.17, 15) is 4.79 Å². The fourth-order valence-corrected chi connectivity index (χ4v) is 3.47. The minimum atomic E-state index is -0.542. The number of hydrogen-bond donors (Lipinski definition) is 0. The topological polar surface area (TPSA) is 47.9 Å². The predicted octanol–water partition coefficient (Wildman–Crippen LogP) is 3.52. The van der Waals surface area contributed by atoms with Gasteiger partial charge in [0.25, 0.3) is 0 Å². The van der Waals surface area contributed by atoms with E-state index in [1.807, 2.05) is 13.0 Å². The summed E-state index contributed by atoms with van der Waals surface area (Å²) in [6.45, 7) is 2.96. The summed E-state index contributed by atoms with van der Waals surface area (Å²) in [6, 6.07) is 1.88. The molecule has 1 aromatic carbocycles. The van der Waals surface area contributed by atoms with E-state index in [0.29, 0.717) is 29.7 Å². The van der Waals surface area contributed by atoms with Crippen LogP contribution in [0.5, 0.6) is 11.5 Å². The molecule has 0 spiro atoms. The summed E-state index contributed by atoms with van der Waals surface area (Å²) in [5.41, 5.74) is 1.17. The van der Waals surface area contributed by atoms with Gasteiger partial charge < -0.3 is 9.47 Å². The summed E-state index contributed by atoms with van der Waals surface area (Å²) in [5.74, 6) is 1.40. The lowest BCUT2D eigenvalue weighted by Crippen LogP contribution is -2.22. The van der Waals surface area contributed by atoms with Crippen molar-refractivity contribution in [3.05, 3.63) is 22.2 Å². The zero-order valence-electron chi connectivity index (χ0n) is 11.4. The number of rotatable bonds is 2. The second-order valence-corrected chi connectivity index (χ2v) is 5.71. The number of isocyanates is 1. The Morgan fingerprint density at radius 1 is 1.30 bits per heavy atom. The van der Waals surface area contributed by atoms with Crippen molar-refractivity contribution >= 4 is 17.7 Å². The number of hydrogen-bond acceptors (Lipinski definition) is 4. The van der Waals surface area contributed by atoms with Crippen LogP contribution in [0.25, 0.3) is 0 Å². The van der Waals surface area contributed by atoms with Crippen molar-refractivity contribution in [3.8, 4) is 11.5 Å². The van der Waals surface area contributed by atoms with Crippen LogP contribution >= 0.6 is 11.6 Å². The quantitative estimate of drug-likeness (QED) is 0.619. The first-order valence-electron chi connectivity index (χ1n) is 6.86. The highest BCUT2D eigenvalue weighted by Gasteiger charge is 2.39. The van der Waals surface area contributed by atoms with Crippen molar-refractivity contribution < 1.29 is 14.3 Å². The van der Waals surface area contributed by atoms with Gasteiger partial charge >= 0.3 is 0 Å². The Hall–Kier alpha value is -1.51. The third-order valence-corrected chi connectivity index (χ3v) is 4.67. The minimum absolute atomic E-state index is 0.525. The first-order chi connectivity index (χ1) is 9.68. The molecule has 0 unspecified atom stereocenters. The number of benzene rings is 1. The first-order valence-corrected chi connectivity index (χ1v) is 7.24. The highest BCUT2D eigenvalue weighted by Crippen LogP contribution is 2.49. The van der Waals surface area contributed by atoms with E-state index in [1.54, 1.807) is 6.08 Å². The number of ether oxygens (including phenoxy) is 2. The third-order valence-electron chi connectivity index (χ3n) is 4.18. The van der Waals surface area contributed by atoms with Crippen LogP contribution in [0.2, 0.25) is 5.02 Å². The van der Waals surface area contributed by atoms with Crippen LogP contribution in [0.1, 0.15) is 36.8 Å². The van der Waals surface area contributed by atoms with E-state index in [1.165, 1.54) is 0 Å². The molecule has 3 rings (SSSR count). The molecule has 1 heterocycles. The van der Waals surface area contributed by atoms with E-state index in [2.05, 4.69) is 4.99 Å². The normalized spacial score (nSPS) is 19.5. The van der Waals surface area contributed by atoms with Gasteiger partial charge in [-0.15, -0.1) is 0 Å². The van der Waals surface area contributed by atoms with Gasteiger partial charge in [-0.3, -0.25) is 0 Å². The number of fused-ring (bicyclic) bond motifs is 1. The second kappa shape index (κ2) is 5.12. The molecule has 4 nitrogen and oxygen atoms in total. The van der Waals surface area contributed by atoms with E-state index >= 15 is 0 Å². The van der Waals surface area contributed by atoms with Crippen LogP contribution in [0.4, 0.5) is 0 Å². The first kappa shape index (κ1) is 13.5. The molecular weight excluding hydrogens is 278 g/mol. The van der Waals surface area contributed by atoms with Gasteiger partial charge in [0, 0.05) is 11.1 Å². The van der Waals surface area contributed by atoms with E-state index < -0.39 is 5.54 Å². The van der Waals surface area contributed by atoms with Crippen molar-refractivity contribution in [3.63, 3.8) is 0 Å². The molecule has 0 saturated heterocycles. The Bertz CT molecular complexity index is 587. The largest absolute Gasteiger partial charge is 0.486 e. The summed E-state index contributed by atoms with van der Waals surface area (Å²) in [6.07, 6.45) is 5.43. The number of aliphatic imine (C=N–C) groups is 1. The van der Waals surface area contributed by atoms with Crippen LogP contribution in [0.15, 0.2) is 11.1 Å². The molecule has 2 aliphatic rings. The summed E-state index contributed by atoms with van der Waals surface area (Å²) in [7, 11) is 0. The standard InChI is InChI=1S/C15H16ClNO3/c1-10-13(16)11(8-12-14(10)20-7-6-19-12)15(17-9-18)4-2-3-5-15/h8H,2-7H2,1H3. The fraction of sp³-hybridized carbons (Fsp3) is 0.533. The number of carbonyl (C=O) groups excluding carboxylic acids is 1. The highest BCUT2D eigenvalue weighted by atomic mass is 35.5. The summed E-state index contributed by atoms with van der Waals surface area (Å²) >= 11 is 6.51. The molecule has 0 radical (unpaired) electrons. The minimum Gasteiger partial charge on any atom is -0.486 e. The second-order valence-electron chi connectivity index (χ2n) is 5.33. The van der Waals surface area contributed by atoms with E-state index in [-0.39, 0.29) is 0 Å². The molecule has 106 valence electrons. The lowest BCUT2D eigenvalue weighted by atomic mass is 9.87. The third kappa shape index (κ3) is 2.00. The lowest BCUT2D eigenvalue weighted by Gasteiger charge is -2.28. The van der Waals surface area contributed by atoms with Gasteiger partial charge in [0.15, 0.2) is 11.5 Å². The molecule has 0 atom stereocenters. The Labute approximate surface area is 122 Å². The molecular formula is C15H16ClNO3. The summed E-state index contributed by atoms with van der Waals surface area (Å²) in [4.78, 5) is 14.9. The zero-order valence-corrected chi connectivity index (χ0v) is 12.1. The maximum atomic E-state index is 10.8. The summed E-state index contributed by atoms with van der Waals surface area (Å²) in [5, 5.41) is 0.621. The van der Waals surface area contributed by atoms with Crippen molar-refractivity contribution in [2.45, 2.75) is 38.1 Å². The van der Waals surface area contributed by atoms with Crippen LogP contribution < -0.4 is 9.47 Å². The fourth-order valence-electron chi connectivity index (χ4n) is 3.16. The molecule has 0 aromatic heterocycles. The van der Waals surface area contributed by atoms with E-state index in [0.717, 1.165) is 36.8 Å². The van der Waals surface area contributed by atoms with Gasteiger partial charge in [-0.1, -0.05) is 24.4 Å². The number of nitrogens with zero attached hydrogens (tertiary/aromatic N) is 1. The Morgan fingerprint density at radius 2 is 2.00 bits per heavy atom. The van der Waals surface area contributed by atoms with E-state index in [4.69, 9.17) is 21.1 Å². The van der Waals surface area contributed by atoms with Gasteiger partial charge in [-0.05, 0) is 25.8 Å². The molecule has 1 fully saturated rings. The summed E-state index contributed by atoms with van der Waals surface area (Å²) < 4.78 is 11.3. The van der Waals surface area contributed by atoms with Gasteiger partial charge in [0.05, 0.1) is 10.6 Å². The van der Waals surface area contributed by atoms with Crippen LogP contribution in [-0.4, -0.2) is 19.3 Å². The molecule has 1 aromatic rings. The maximum Gasteiger partial charge on any atom is 0.235 e. The smallest absolute Gasteiger partial charge is 0.235 e. The zero-order chi connectivity index (χ0) is 14.2. The van der Waals surface area contributed by atoms with Gasteiger partial charge in [0.2, 0.25) is 6.08 Å². The Balaban J connectivity index is 2.18. The SMILES string of the molecule is Cc1c(Cl)c(C2(N=C=O)CCCC2)cc2c1OCCO2. The molecule has 0 bridgehead atoms. The molecule has 1 saturated carbocycles. The van der Waals surface area contributed by atoms with Gasteiger partial charge in [-0.2, -0.15) is 4.99 Å². The van der Waals surface area contributed by atoms with Crippen molar-refractivity contribution in [2.24, 2.45) is 4.99 Å². The Morgan fingerprint density at radius 3 is 2.70 bits per heavy atom. The van der Waals surface area contributed by atoms with Crippen LogP contribution in [0.3, 0.4) is 0 Å². The van der Waals surface area contributed by atoms with Crippen molar-refractivity contribution in [2.75, 3.05) is 13.2 Å². The predicted molar refractivity (Wildman–Crippen MR) is 75.4 cm³/mol. The Kier molecular flexibility index (Phi) is 3.45. The molecule has 1 aliphatic heterocycles. The number of halogens is 1. The molecule has 5 heteroatoms. The van der Waals surface area contributed by atoms with Gasteiger partial charge in [-0.25, -0.2) is 4.79 Å². The molecule has 0 N–H and O–H groups in total. The van der Waals surface area contributed by atoms with Crippen LogP contribution in [0, 0.1) is 6.92 Å². The average molecular weight is 294 g/mol. The lowest BCUT2D eigenvalue weighted by molar-refractivity contribution is 0.170. The van der Waals surface area contributed by atoms with Gasteiger partial charge in [0.1, 0.15) is 13.2 Å². The van der Waals surface area contributed by atoms with Crippen LogP contribution in [-0.2, 0) is 10.3 Å². The highest BCUT2D eigenvalue weighted by molar-refractivity contribution is 6.32. The van der Waals surface area contributed by atoms with Crippen molar-refractivity contribution in [1.82, 2.24) is 0 Å². The molecule has 0 amide bonds. The maximum absolute atomic E-state index is 10.8. The monoisotopic (exact) mass is 293 g/mol. The molecule has 20 heavy (non-hydrogen) atoms.